The summed E-state index contributed by atoms with van der Waals surface area (Å²) < 4.78 is 95.8. The lowest BCUT2D eigenvalue weighted by atomic mass is 10.3. The van der Waals surface area contributed by atoms with Crippen molar-refractivity contribution in [2.75, 3.05) is 0 Å². The maximum Gasteiger partial charge on any atom is 0.432 e. The van der Waals surface area contributed by atoms with E-state index in [2.05, 4.69) is 4.74 Å². The molecule has 0 amide bonds. The first kappa shape index (κ1) is 17.0. The van der Waals surface area contributed by atoms with Crippen molar-refractivity contribution < 1.29 is 44.5 Å². The Morgan fingerprint density at radius 1 is 1.28 bits per heavy atom. The van der Waals surface area contributed by atoms with Crippen LogP contribution in [-0.2, 0) is 19.6 Å². The molecule has 0 aromatic rings. The van der Waals surface area contributed by atoms with E-state index >= 15 is 0 Å². The standard InChI is InChI=1S/C7H9F5O5S/c1-2-3-4(13)17-5(6(8,9)10)7(11,12)18(14,15)16/h5H,2-3H2,1H3,(H,14,15,16)/p-1. The molecule has 0 radical (unpaired) electrons. The second kappa shape index (κ2) is 5.34. The van der Waals surface area contributed by atoms with Gasteiger partial charge in [-0.3, -0.25) is 4.79 Å². The van der Waals surface area contributed by atoms with Crippen molar-refractivity contribution in [3.8, 4) is 0 Å². The monoisotopic (exact) mass is 299 g/mol. The van der Waals surface area contributed by atoms with Crippen molar-refractivity contribution in [3.63, 3.8) is 0 Å². The van der Waals surface area contributed by atoms with Crippen LogP contribution in [0.2, 0.25) is 0 Å². The van der Waals surface area contributed by atoms with Crippen LogP contribution in [0.25, 0.3) is 0 Å². The summed E-state index contributed by atoms with van der Waals surface area (Å²) in [5.74, 6) is -1.68. The minimum absolute atomic E-state index is 0.000886. The first-order valence-corrected chi connectivity index (χ1v) is 5.84. The largest absolute Gasteiger partial charge is 0.743 e. The highest BCUT2D eigenvalue weighted by molar-refractivity contribution is 7.86. The van der Waals surface area contributed by atoms with Crippen LogP contribution in [0, 0.1) is 0 Å². The SMILES string of the molecule is CCCC(=O)OC(C(F)(F)F)C(F)(F)S(=O)(=O)[O-]. The summed E-state index contributed by atoms with van der Waals surface area (Å²) in [5.41, 5.74) is 0. The zero-order chi connectivity index (χ0) is 14.8. The smallest absolute Gasteiger partial charge is 0.432 e. The lowest BCUT2D eigenvalue weighted by molar-refractivity contribution is -0.259. The van der Waals surface area contributed by atoms with E-state index in [-0.39, 0.29) is 6.42 Å². The van der Waals surface area contributed by atoms with Crippen molar-refractivity contribution in [3.05, 3.63) is 0 Å². The van der Waals surface area contributed by atoms with Gasteiger partial charge in [-0.25, -0.2) is 8.42 Å². The number of carbonyl (C=O) groups is 1. The average Bonchev–Trinajstić information content (AvgIpc) is 2.10. The minimum atomic E-state index is -6.63. The van der Waals surface area contributed by atoms with Crippen LogP contribution in [0.15, 0.2) is 0 Å². The van der Waals surface area contributed by atoms with Gasteiger partial charge >= 0.3 is 17.4 Å². The number of ether oxygens (including phenoxy) is 1. The molecule has 0 rings (SSSR count). The molecule has 0 saturated heterocycles. The van der Waals surface area contributed by atoms with E-state index in [1.54, 1.807) is 0 Å². The number of halogens is 5. The van der Waals surface area contributed by atoms with Gasteiger partial charge in [0, 0.05) is 6.42 Å². The summed E-state index contributed by atoms with van der Waals surface area (Å²) in [4.78, 5) is 10.7. The molecule has 11 heteroatoms. The number of hydrogen-bond acceptors (Lipinski definition) is 5. The molecule has 18 heavy (non-hydrogen) atoms. The quantitative estimate of drug-likeness (QED) is 0.435. The molecule has 0 aliphatic heterocycles. The van der Waals surface area contributed by atoms with Crippen LogP contribution >= 0.6 is 0 Å². The Labute approximate surface area is 98.7 Å². The van der Waals surface area contributed by atoms with Crippen LogP contribution in [0.5, 0.6) is 0 Å². The topological polar surface area (TPSA) is 83.5 Å². The average molecular weight is 299 g/mol. The highest BCUT2D eigenvalue weighted by Crippen LogP contribution is 2.38. The van der Waals surface area contributed by atoms with Crippen LogP contribution in [0.1, 0.15) is 19.8 Å². The third kappa shape index (κ3) is 4.05. The van der Waals surface area contributed by atoms with Crippen molar-refractivity contribution >= 4 is 16.1 Å². The van der Waals surface area contributed by atoms with Gasteiger partial charge in [-0.1, -0.05) is 6.92 Å². The second-order valence-corrected chi connectivity index (χ2v) is 4.63. The van der Waals surface area contributed by atoms with Gasteiger partial charge < -0.3 is 9.29 Å². The van der Waals surface area contributed by atoms with E-state index in [0.717, 1.165) is 0 Å². The molecule has 0 aliphatic rings. The third-order valence-electron chi connectivity index (χ3n) is 1.64. The fourth-order valence-electron chi connectivity index (χ4n) is 0.852. The maximum absolute atomic E-state index is 12.8. The number of alkyl halides is 5. The lowest BCUT2D eigenvalue weighted by Gasteiger charge is -2.29. The Bertz CT molecular complexity index is 401. The van der Waals surface area contributed by atoms with Crippen molar-refractivity contribution in [2.24, 2.45) is 0 Å². The first-order valence-electron chi connectivity index (χ1n) is 4.43. The Morgan fingerprint density at radius 2 is 1.72 bits per heavy atom. The summed E-state index contributed by atoms with van der Waals surface area (Å²) in [5, 5.41) is -5.78. The molecule has 0 spiro atoms. The number of rotatable bonds is 5. The molecule has 0 N–H and O–H groups in total. The van der Waals surface area contributed by atoms with Gasteiger partial charge in [-0.2, -0.15) is 22.0 Å². The number of esters is 1. The number of hydrogen-bond donors (Lipinski definition) is 0. The van der Waals surface area contributed by atoms with Crippen molar-refractivity contribution in [1.82, 2.24) is 0 Å². The molecule has 0 heterocycles. The highest BCUT2D eigenvalue weighted by Gasteiger charge is 2.62. The summed E-state index contributed by atoms with van der Waals surface area (Å²) in [6, 6.07) is 0. The second-order valence-electron chi connectivity index (χ2n) is 3.18. The van der Waals surface area contributed by atoms with Crippen LogP contribution < -0.4 is 0 Å². The molecule has 0 bridgehead atoms. The fourth-order valence-corrected chi connectivity index (χ4v) is 1.30. The molecule has 0 aliphatic carbocycles. The van der Waals surface area contributed by atoms with E-state index in [4.69, 9.17) is 0 Å². The van der Waals surface area contributed by atoms with Crippen LogP contribution in [0.4, 0.5) is 22.0 Å². The van der Waals surface area contributed by atoms with Crippen molar-refractivity contribution in [1.29, 1.82) is 0 Å². The van der Waals surface area contributed by atoms with Crippen LogP contribution in [-0.4, -0.2) is 36.5 Å². The molecule has 1 unspecified atom stereocenters. The van der Waals surface area contributed by atoms with E-state index in [0.29, 0.717) is 0 Å². The highest BCUT2D eigenvalue weighted by atomic mass is 32.2. The summed E-state index contributed by atoms with van der Waals surface area (Å²) >= 11 is 0. The predicted molar refractivity (Wildman–Crippen MR) is 45.5 cm³/mol. The molecule has 0 aromatic heterocycles. The predicted octanol–water partition coefficient (Wildman–Crippen LogP) is 1.40. The third-order valence-corrected chi connectivity index (χ3v) is 2.52. The van der Waals surface area contributed by atoms with Crippen molar-refractivity contribution in [2.45, 2.75) is 37.3 Å². The van der Waals surface area contributed by atoms with E-state index in [1.807, 2.05) is 0 Å². The van der Waals surface area contributed by atoms with Gasteiger partial charge in [-0.15, -0.1) is 0 Å². The van der Waals surface area contributed by atoms with Crippen LogP contribution in [0.3, 0.4) is 0 Å². The first-order chi connectivity index (χ1) is 7.84. The minimum Gasteiger partial charge on any atom is -0.743 e. The molecule has 0 saturated carbocycles. The Hall–Kier alpha value is -0.970. The van der Waals surface area contributed by atoms with Gasteiger partial charge in [0.05, 0.1) is 0 Å². The molecule has 0 aromatic carbocycles. The fraction of sp³-hybridized carbons (Fsp3) is 0.857. The molecular weight excluding hydrogens is 291 g/mol. The summed E-state index contributed by atoms with van der Waals surface area (Å²) in [6.45, 7) is 1.35. The van der Waals surface area contributed by atoms with Gasteiger partial charge in [0.1, 0.15) is 0 Å². The molecular formula is C7H8F5O5S-. The lowest BCUT2D eigenvalue weighted by Crippen LogP contribution is -2.52. The molecule has 5 nitrogen and oxygen atoms in total. The zero-order valence-electron chi connectivity index (χ0n) is 8.83. The summed E-state index contributed by atoms with van der Waals surface area (Å²) in [6.07, 6.45) is -10.8. The maximum atomic E-state index is 12.8. The Morgan fingerprint density at radius 3 is 2.00 bits per heavy atom. The normalized spacial score (nSPS) is 15.3. The Kier molecular flexibility index (Phi) is 5.06. The molecule has 1 atom stereocenters. The van der Waals surface area contributed by atoms with E-state index < -0.39 is 40.0 Å². The van der Waals surface area contributed by atoms with Gasteiger partial charge in [0.2, 0.25) is 0 Å². The van der Waals surface area contributed by atoms with Gasteiger partial charge in [0.15, 0.2) is 10.1 Å². The number of carbonyl (C=O) groups excluding carboxylic acids is 1. The van der Waals surface area contributed by atoms with Gasteiger partial charge in [-0.05, 0) is 6.42 Å². The van der Waals surface area contributed by atoms with E-state index in [9.17, 15) is 39.7 Å². The Balaban J connectivity index is 5.34. The molecule has 108 valence electrons. The van der Waals surface area contributed by atoms with E-state index in [1.165, 1.54) is 6.92 Å². The van der Waals surface area contributed by atoms with Gasteiger partial charge in [0.25, 0.3) is 6.10 Å². The molecule has 0 fully saturated rings. The summed E-state index contributed by atoms with van der Waals surface area (Å²) in [7, 11) is -6.63. The zero-order valence-corrected chi connectivity index (χ0v) is 9.65.